The van der Waals surface area contributed by atoms with Gasteiger partial charge in [-0.2, -0.15) is 0 Å². The Morgan fingerprint density at radius 2 is 2.38 bits per heavy atom. The fourth-order valence-corrected chi connectivity index (χ4v) is 0.365. The van der Waals surface area contributed by atoms with Crippen molar-refractivity contribution in [1.82, 2.24) is 0 Å². The van der Waals surface area contributed by atoms with Crippen molar-refractivity contribution in [3.8, 4) is 0 Å². The number of allylic oxidation sites excluding steroid dienone is 1. The highest BCUT2D eigenvalue weighted by molar-refractivity contribution is 4.64. The van der Waals surface area contributed by atoms with Gasteiger partial charge in [-0.3, -0.25) is 10.1 Å². The summed E-state index contributed by atoms with van der Waals surface area (Å²) in [7, 11) is 0. The maximum Gasteiger partial charge on any atom is 0.204 e. The minimum atomic E-state index is -0.316. The molecule has 0 aromatic rings. The number of rotatable bonds is 4. The number of nitrogens with zero attached hydrogens (tertiary/aromatic N) is 1. The third-order valence-electron chi connectivity index (χ3n) is 0.749. The lowest BCUT2D eigenvalue weighted by molar-refractivity contribution is -0.480. The van der Waals surface area contributed by atoms with Crippen LogP contribution in [0.2, 0.25) is 0 Å². The Kier molecular flexibility index (Phi) is 3.84. The highest BCUT2D eigenvalue weighted by Gasteiger charge is 1.91. The molecular weight excluding hydrogens is 106 g/mol. The van der Waals surface area contributed by atoms with E-state index in [0.717, 1.165) is 6.42 Å². The van der Waals surface area contributed by atoms with E-state index in [1.807, 2.05) is 0 Å². The molecule has 3 heteroatoms. The standard InChI is InChI=1S/C5H9NO2/c1-2-3-4-5-6(7)8/h2H,1,3-5H2. The van der Waals surface area contributed by atoms with Crippen LogP contribution in [0.25, 0.3) is 0 Å². The van der Waals surface area contributed by atoms with E-state index in [0.29, 0.717) is 6.42 Å². The van der Waals surface area contributed by atoms with Gasteiger partial charge in [0.1, 0.15) is 0 Å². The molecule has 0 aromatic heterocycles. The second-order valence-electron chi connectivity index (χ2n) is 1.49. The Balaban J connectivity index is 2.93. The number of hydrogen-bond donors (Lipinski definition) is 0. The van der Waals surface area contributed by atoms with Crippen molar-refractivity contribution in [3.05, 3.63) is 22.8 Å². The zero-order valence-electron chi connectivity index (χ0n) is 4.67. The number of unbranched alkanes of at least 4 members (excludes halogenated alkanes) is 1. The molecule has 0 aromatic carbocycles. The highest BCUT2D eigenvalue weighted by Crippen LogP contribution is 1.87. The van der Waals surface area contributed by atoms with Crippen molar-refractivity contribution in [2.24, 2.45) is 0 Å². The van der Waals surface area contributed by atoms with Crippen molar-refractivity contribution in [1.29, 1.82) is 0 Å². The quantitative estimate of drug-likeness (QED) is 0.239. The molecule has 0 bridgehead atoms. The van der Waals surface area contributed by atoms with Gasteiger partial charge in [0.15, 0.2) is 0 Å². The first-order valence-electron chi connectivity index (χ1n) is 2.50. The van der Waals surface area contributed by atoms with Crippen LogP contribution in [0.15, 0.2) is 12.7 Å². The minimum Gasteiger partial charge on any atom is -0.265 e. The van der Waals surface area contributed by atoms with E-state index in [1.54, 1.807) is 6.08 Å². The summed E-state index contributed by atoms with van der Waals surface area (Å²) in [5.41, 5.74) is 0. The van der Waals surface area contributed by atoms with Gasteiger partial charge in [0.25, 0.3) is 0 Å². The molecule has 0 N–H and O–H groups in total. The second-order valence-corrected chi connectivity index (χ2v) is 1.49. The highest BCUT2D eigenvalue weighted by atomic mass is 16.6. The molecule has 3 nitrogen and oxygen atoms in total. The molecule has 0 spiro atoms. The second kappa shape index (κ2) is 4.30. The van der Waals surface area contributed by atoms with E-state index in [-0.39, 0.29) is 11.5 Å². The monoisotopic (exact) mass is 115 g/mol. The van der Waals surface area contributed by atoms with E-state index in [2.05, 4.69) is 6.58 Å². The molecule has 0 radical (unpaired) electrons. The third-order valence-corrected chi connectivity index (χ3v) is 0.749. The first-order chi connectivity index (χ1) is 3.77. The molecule has 0 heterocycles. The summed E-state index contributed by atoms with van der Waals surface area (Å²) in [5, 5.41) is 9.65. The van der Waals surface area contributed by atoms with E-state index in [4.69, 9.17) is 0 Å². The molecule has 0 aliphatic heterocycles. The fourth-order valence-electron chi connectivity index (χ4n) is 0.365. The zero-order chi connectivity index (χ0) is 6.41. The average molecular weight is 115 g/mol. The van der Waals surface area contributed by atoms with Crippen LogP contribution >= 0.6 is 0 Å². The Labute approximate surface area is 48.2 Å². The predicted octanol–water partition coefficient (Wildman–Crippen LogP) is 1.23. The van der Waals surface area contributed by atoms with Crippen LogP contribution in [-0.2, 0) is 0 Å². The van der Waals surface area contributed by atoms with Crippen molar-refractivity contribution in [2.45, 2.75) is 12.8 Å². The average Bonchev–Trinajstić information content (AvgIpc) is 1.66. The van der Waals surface area contributed by atoms with Gasteiger partial charge in [-0.05, 0) is 6.42 Å². The Bertz CT molecular complexity index is 90.4. The van der Waals surface area contributed by atoms with Crippen molar-refractivity contribution >= 4 is 0 Å². The van der Waals surface area contributed by atoms with Crippen LogP contribution in [0.1, 0.15) is 12.8 Å². The van der Waals surface area contributed by atoms with Crippen LogP contribution in [0, 0.1) is 10.1 Å². The first-order valence-corrected chi connectivity index (χ1v) is 2.50. The van der Waals surface area contributed by atoms with Gasteiger partial charge in [-0.1, -0.05) is 6.08 Å². The number of nitro groups is 1. The summed E-state index contributed by atoms with van der Waals surface area (Å²) in [6.45, 7) is 3.50. The summed E-state index contributed by atoms with van der Waals surface area (Å²) in [5.74, 6) is 0. The molecule has 0 saturated carbocycles. The molecule has 0 aliphatic carbocycles. The first kappa shape index (κ1) is 7.14. The SMILES string of the molecule is C=CCCC[N+](=O)[O-]. The molecule has 0 unspecified atom stereocenters. The summed E-state index contributed by atoms with van der Waals surface area (Å²) in [4.78, 5) is 9.33. The van der Waals surface area contributed by atoms with Crippen LogP contribution in [0.4, 0.5) is 0 Å². The van der Waals surface area contributed by atoms with E-state index in [1.165, 1.54) is 0 Å². The Morgan fingerprint density at radius 3 is 2.75 bits per heavy atom. The van der Waals surface area contributed by atoms with Crippen LogP contribution in [0.3, 0.4) is 0 Å². The lowest BCUT2D eigenvalue weighted by atomic mass is 10.3. The van der Waals surface area contributed by atoms with Crippen molar-refractivity contribution < 1.29 is 4.92 Å². The minimum absolute atomic E-state index is 0.0615. The molecule has 8 heavy (non-hydrogen) atoms. The van der Waals surface area contributed by atoms with Gasteiger partial charge in [-0.15, -0.1) is 6.58 Å². The van der Waals surface area contributed by atoms with Crippen molar-refractivity contribution in [2.75, 3.05) is 6.54 Å². The molecule has 46 valence electrons. The molecule has 0 rings (SSSR count). The molecule has 0 atom stereocenters. The molecular formula is C5H9NO2. The lowest BCUT2D eigenvalue weighted by Gasteiger charge is -1.86. The van der Waals surface area contributed by atoms with Gasteiger partial charge in [0, 0.05) is 11.3 Å². The van der Waals surface area contributed by atoms with E-state index >= 15 is 0 Å². The molecule has 0 saturated heterocycles. The Hall–Kier alpha value is -0.860. The van der Waals surface area contributed by atoms with Crippen molar-refractivity contribution in [3.63, 3.8) is 0 Å². The molecule has 0 fully saturated rings. The van der Waals surface area contributed by atoms with Gasteiger partial charge in [0.05, 0.1) is 0 Å². The van der Waals surface area contributed by atoms with Gasteiger partial charge in [0.2, 0.25) is 6.54 Å². The van der Waals surface area contributed by atoms with Gasteiger partial charge < -0.3 is 0 Å². The summed E-state index contributed by atoms with van der Waals surface area (Å²) in [6.07, 6.45) is 3.03. The van der Waals surface area contributed by atoms with E-state index in [9.17, 15) is 10.1 Å². The predicted molar refractivity (Wildman–Crippen MR) is 31.3 cm³/mol. The Morgan fingerprint density at radius 1 is 1.75 bits per heavy atom. The summed E-state index contributed by atoms with van der Waals surface area (Å²) < 4.78 is 0. The molecule has 0 aliphatic rings. The fraction of sp³-hybridized carbons (Fsp3) is 0.600. The van der Waals surface area contributed by atoms with E-state index < -0.39 is 0 Å². The number of hydrogen-bond acceptors (Lipinski definition) is 2. The summed E-state index contributed by atoms with van der Waals surface area (Å²) >= 11 is 0. The smallest absolute Gasteiger partial charge is 0.204 e. The third kappa shape index (κ3) is 5.14. The lowest BCUT2D eigenvalue weighted by Crippen LogP contribution is -1.98. The largest absolute Gasteiger partial charge is 0.265 e. The molecule has 0 amide bonds. The summed E-state index contributed by atoms with van der Waals surface area (Å²) in [6, 6.07) is 0. The van der Waals surface area contributed by atoms with Gasteiger partial charge >= 0.3 is 0 Å². The maximum absolute atomic E-state index is 9.65. The van der Waals surface area contributed by atoms with Crippen LogP contribution < -0.4 is 0 Å². The van der Waals surface area contributed by atoms with Crippen LogP contribution in [0.5, 0.6) is 0 Å². The topological polar surface area (TPSA) is 43.1 Å². The van der Waals surface area contributed by atoms with Crippen LogP contribution in [-0.4, -0.2) is 11.5 Å². The normalized spacial score (nSPS) is 8.50. The van der Waals surface area contributed by atoms with Gasteiger partial charge in [-0.25, -0.2) is 0 Å². The maximum atomic E-state index is 9.65. The zero-order valence-corrected chi connectivity index (χ0v) is 4.67.